The van der Waals surface area contributed by atoms with Crippen LogP contribution in [0.1, 0.15) is 0 Å². The van der Waals surface area contributed by atoms with Crippen molar-refractivity contribution in [3.05, 3.63) is 212 Å². The Labute approximate surface area is 346 Å². The van der Waals surface area contributed by atoms with Gasteiger partial charge in [-0.3, -0.25) is 0 Å². The highest BCUT2D eigenvalue weighted by atomic mass is 15.0. The summed E-state index contributed by atoms with van der Waals surface area (Å²) in [5.74, 6) is 1.87. The monoisotopic (exact) mass is 765 g/mol. The lowest BCUT2D eigenvalue weighted by atomic mass is 10.00. The molecular weight excluding hydrogens is 731 g/mol. The molecule has 12 aromatic rings. The Hall–Kier alpha value is -8.15. The summed E-state index contributed by atoms with van der Waals surface area (Å²) >= 11 is 0. The number of rotatable bonds is 6. The normalized spacial score (nSPS) is 11.7. The van der Waals surface area contributed by atoms with E-state index < -0.39 is 0 Å². The van der Waals surface area contributed by atoms with Gasteiger partial charge in [0.25, 0.3) is 0 Å². The average molecular weight is 766 g/mol. The topological polar surface area (TPSA) is 48.5 Å². The van der Waals surface area contributed by atoms with Crippen molar-refractivity contribution in [2.45, 2.75) is 0 Å². The van der Waals surface area contributed by atoms with E-state index in [1.807, 2.05) is 18.2 Å². The molecule has 280 valence electrons. The minimum atomic E-state index is 0.618. The van der Waals surface area contributed by atoms with Crippen molar-refractivity contribution >= 4 is 54.4 Å². The maximum Gasteiger partial charge on any atom is 0.164 e. The van der Waals surface area contributed by atoms with Crippen LogP contribution >= 0.6 is 0 Å². The molecule has 0 saturated carbocycles. The summed E-state index contributed by atoms with van der Waals surface area (Å²) in [5, 5.41) is 7.34. The standard InChI is InChI=1S/C55H35N5/c1-4-15-36(16-5-1)44-24-14-25-47-51-43-22-11-10-17-37(43)30-34-49(51)60(52(44)47)42-31-27-39(28-32-42)54-56-53(38-18-6-2-7-19-38)57-55(58-54)40-29-33-46-45-23-12-13-26-48(45)59(50(46)35-40)41-20-8-3-9-21-41/h1-35H. The van der Waals surface area contributed by atoms with Gasteiger partial charge in [0.2, 0.25) is 0 Å². The molecule has 0 N–H and O–H groups in total. The molecule has 0 atom stereocenters. The first kappa shape index (κ1) is 33.9. The quantitative estimate of drug-likeness (QED) is 0.169. The van der Waals surface area contributed by atoms with Gasteiger partial charge in [-0.1, -0.05) is 158 Å². The fourth-order valence-electron chi connectivity index (χ4n) is 9.03. The van der Waals surface area contributed by atoms with Gasteiger partial charge in [-0.15, -0.1) is 0 Å². The second kappa shape index (κ2) is 13.8. The molecule has 0 aliphatic heterocycles. The Bertz CT molecular complexity index is 3570. The number of hydrogen-bond acceptors (Lipinski definition) is 3. The van der Waals surface area contributed by atoms with E-state index in [1.54, 1.807) is 0 Å². The SMILES string of the molecule is c1ccc(-c2nc(-c3ccc(-n4c5ccc6ccccc6c5c5cccc(-c6ccccc6)c54)cc3)nc(-c3ccc4c5ccccc5n(-c5ccccc5)c4c3)n2)cc1. The van der Waals surface area contributed by atoms with Crippen molar-refractivity contribution in [2.75, 3.05) is 0 Å². The van der Waals surface area contributed by atoms with Crippen molar-refractivity contribution in [3.8, 4) is 56.7 Å². The fraction of sp³-hybridized carbons (Fsp3) is 0. The molecule has 0 amide bonds. The molecular formula is C55H35N5. The van der Waals surface area contributed by atoms with Crippen LogP contribution in [-0.4, -0.2) is 24.1 Å². The molecule has 3 aromatic heterocycles. The van der Waals surface area contributed by atoms with Crippen LogP contribution in [0.4, 0.5) is 0 Å². The van der Waals surface area contributed by atoms with Crippen molar-refractivity contribution in [3.63, 3.8) is 0 Å². The molecule has 0 spiro atoms. The molecule has 0 saturated heterocycles. The maximum absolute atomic E-state index is 5.20. The van der Waals surface area contributed by atoms with E-state index in [0.29, 0.717) is 17.5 Å². The van der Waals surface area contributed by atoms with E-state index in [2.05, 4.69) is 203 Å². The molecule has 3 heterocycles. The summed E-state index contributed by atoms with van der Waals surface area (Å²) in [5.41, 5.74) is 11.9. The summed E-state index contributed by atoms with van der Waals surface area (Å²) < 4.78 is 4.74. The van der Waals surface area contributed by atoms with E-state index in [-0.39, 0.29) is 0 Å². The zero-order chi connectivity index (χ0) is 39.6. The van der Waals surface area contributed by atoms with Gasteiger partial charge in [0.1, 0.15) is 0 Å². The van der Waals surface area contributed by atoms with Gasteiger partial charge in [0, 0.05) is 55.2 Å². The predicted octanol–water partition coefficient (Wildman–Crippen LogP) is 13.9. The molecule has 0 radical (unpaired) electrons. The van der Waals surface area contributed by atoms with Crippen molar-refractivity contribution in [1.29, 1.82) is 0 Å². The van der Waals surface area contributed by atoms with Gasteiger partial charge < -0.3 is 9.13 Å². The zero-order valence-electron chi connectivity index (χ0n) is 32.4. The highest BCUT2D eigenvalue weighted by molar-refractivity contribution is 6.23. The lowest BCUT2D eigenvalue weighted by molar-refractivity contribution is 1.07. The van der Waals surface area contributed by atoms with Crippen molar-refractivity contribution in [2.24, 2.45) is 0 Å². The summed E-state index contributed by atoms with van der Waals surface area (Å²) in [7, 11) is 0. The first-order valence-corrected chi connectivity index (χ1v) is 20.3. The summed E-state index contributed by atoms with van der Waals surface area (Å²) in [6.07, 6.45) is 0. The number of nitrogens with zero attached hydrogens (tertiary/aromatic N) is 5. The molecule has 0 fully saturated rings. The van der Waals surface area contributed by atoms with Crippen LogP contribution in [-0.2, 0) is 0 Å². The summed E-state index contributed by atoms with van der Waals surface area (Å²) in [6, 6.07) is 75.0. The molecule has 60 heavy (non-hydrogen) atoms. The minimum Gasteiger partial charge on any atom is -0.309 e. The number of hydrogen-bond donors (Lipinski definition) is 0. The fourth-order valence-corrected chi connectivity index (χ4v) is 9.03. The number of benzene rings is 9. The number of fused-ring (bicyclic) bond motifs is 8. The molecule has 5 nitrogen and oxygen atoms in total. The molecule has 9 aromatic carbocycles. The first-order valence-electron chi connectivity index (χ1n) is 20.3. The highest BCUT2D eigenvalue weighted by Gasteiger charge is 2.20. The van der Waals surface area contributed by atoms with Gasteiger partial charge in [0.05, 0.1) is 22.1 Å². The van der Waals surface area contributed by atoms with Gasteiger partial charge in [-0.05, 0) is 70.9 Å². The zero-order valence-corrected chi connectivity index (χ0v) is 32.4. The van der Waals surface area contributed by atoms with Crippen LogP contribution in [0.2, 0.25) is 0 Å². The smallest absolute Gasteiger partial charge is 0.164 e. The minimum absolute atomic E-state index is 0.618. The number of para-hydroxylation sites is 3. The van der Waals surface area contributed by atoms with Crippen LogP contribution in [0.15, 0.2) is 212 Å². The van der Waals surface area contributed by atoms with Crippen LogP contribution in [0.5, 0.6) is 0 Å². The van der Waals surface area contributed by atoms with Crippen molar-refractivity contribution in [1.82, 2.24) is 24.1 Å². The Morgan fingerprint density at radius 3 is 1.60 bits per heavy atom. The van der Waals surface area contributed by atoms with Crippen LogP contribution in [0.3, 0.4) is 0 Å². The first-order chi connectivity index (χ1) is 29.8. The van der Waals surface area contributed by atoms with E-state index in [9.17, 15) is 0 Å². The molecule has 0 bridgehead atoms. The second-order valence-electron chi connectivity index (χ2n) is 15.2. The van der Waals surface area contributed by atoms with Crippen LogP contribution < -0.4 is 0 Å². The molecule has 0 aliphatic carbocycles. The predicted molar refractivity (Wildman–Crippen MR) is 248 cm³/mol. The third-order valence-corrected chi connectivity index (χ3v) is 11.8. The third kappa shape index (κ3) is 5.44. The van der Waals surface area contributed by atoms with Gasteiger partial charge in [-0.2, -0.15) is 0 Å². The van der Waals surface area contributed by atoms with E-state index in [1.165, 1.54) is 49.0 Å². The molecule has 12 rings (SSSR count). The van der Waals surface area contributed by atoms with E-state index >= 15 is 0 Å². The maximum atomic E-state index is 5.20. The molecule has 5 heteroatoms. The van der Waals surface area contributed by atoms with E-state index in [0.717, 1.165) is 44.6 Å². The summed E-state index contributed by atoms with van der Waals surface area (Å²) in [4.78, 5) is 15.4. The average Bonchev–Trinajstić information content (AvgIpc) is 3.85. The lowest BCUT2D eigenvalue weighted by Crippen LogP contribution is -2.01. The second-order valence-corrected chi connectivity index (χ2v) is 15.2. The Morgan fingerprint density at radius 2 is 0.850 bits per heavy atom. The highest BCUT2D eigenvalue weighted by Crippen LogP contribution is 2.42. The number of aromatic nitrogens is 5. The largest absolute Gasteiger partial charge is 0.309 e. The Balaban J connectivity index is 1.04. The van der Waals surface area contributed by atoms with Gasteiger partial charge >= 0.3 is 0 Å². The summed E-state index contributed by atoms with van der Waals surface area (Å²) in [6.45, 7) is 0. The molecule has 0 unspecified atom stereocenters. The molecule has 0 aliphatic rings. The van der Waals surface area contributed by atoms with Crippen LogP contribution in [0, 0.1) is 0 Å². The van der Waals surface area contributed by atoms with Gasteiger partial charge in [0.15, 0.2) is 17.5 Å². The van der Waals surface area contributed by atoms with Crippen molar-refractivity contribution < 1.29 is 0 Å². The van der Waals surface area contributed by atoms with Gasteiger partial charge in [-0.25, -0.2) is 15.0 Å². The van der Waals surface area contributed by atoms with Crippen LogP contribution in [0.25, 0.3) is 111 Å². The Kier molecular flexibility index (Phi) is 7.78. The lowest BCUT2D eigenvalue weighted by Gasteiger charge is -2.13. The third-order valence-electron chi connectivity index (χ3n) is 11.8. The Morgan fingerprint density at radius 1 is 0.300 bits per heavy atom. The van der Waals surface area contributed by atoms with E-state index in [4.69, 9.17) is 15.0 Å².